The Kier molecular flexibility index (Phi) is 8.18. The van der Waals surface area contributed by atoms with Gasteiger partial charge in [-0.3, -0.25) is 9.59 Å². The van der Waals surface area contributed by atoms with Crippen LogP contribution < -0.4 is 30.4 Å². The van der Waals surface area contributed by atoms with Crippen LogP contribution in [-0.4, -0.2) is 75.5 Å². The van der Waals surface area contributed by atoms with E-state index in [0.29, 0.717) is 36.0 Å². The number of amides is 1. The van der Waals surface area contributed by atoms with E-state index in [-0.39, 0.29) is 11.5 Å². The summed E-state index contributed by atoms with van der Waals surface area (Å²) in [5.41, 5.74) is 3.17. The number of hydrogen-bond acceptors (Lipinski definition) is 7. The summed E-state index contributed by atoms with van der Waals surface area (Å²) in [5.74, 6) is 2.09. The van der Waals surface area contributed by atoms with Crippen molar-refractivity contribution in [2.75, 3.05) is 54.1 Å². The minimum Gasteiger partial charge on any atom is -0.497 e. The van der Waals surface area contributed by atoms with E-state index in [0.717, 1.165) is 61.5 Å². The highest BCUT2D eigenvalue weighted by molar-refractivity contribution is 6.06. The van der Waals surface area contributed by atoms with Crippen molar-refractivity contribution in [3.8, 4) is 17.2 Å². The molecule has 0 bridgehead atoms. The van der Waals surface area contributed by atoms with E-state index in [4.69, 9.17) is 14.2 Å². The van der Waals surface area contributed by atoms with E-state index in [1.807, 2.05) is 36.4 Å². The molecule has 1 saturated heterocycles. The number of aromatic nitrogens is 1. The number of fused-ring (bicyclic) bond motifs is 2. The molecule has 0 unspecified atom stereocenters. The van der Waals surface area contributed by atoms with Gasteiger partial charge in [-0.25, -0.2) is 0 Å². The lowest BCUT2D eigenvalue weighted by molar-refractivity contribution is 0.0964. The van der Waals surface area contributed by atoms with Gasteiger partial charge in [0, 0.05) is 55.8 Å². The highest BCUT2D eigenvalue weighted by Crippen LogP contribution is 2.30. The number of ether oxygens (including phenoxy) is 3. The topological polar surface area (TPSA) is 94.1 Å². The summed E-state index contributed by atoms with van der Waals surface area (Å²) in [6.07, 6.45) is 4.27. The number of nitrogens with zero attached hydrogens (tertiary/aromatic N) is 2. The summed E-state index contributed by atoms with van der Waals surface area (Å²) in [7, 11) is 4.83. The SMILES string of the molecule is CNC(=O)c1cc(=O)n(CCN2CCC(NCC3=Cc4cc(OC)ccc4OC3)CC2)c2cc(OC)ccc12. The number of carbonyl (C=O) groups excluding carboxylic acids is 1. The van der Waals surface area contributed by atoms with E-state index in [2.05, 4.69) is 21.6 Å². The van der Waals surface area contributed by atoms with E-state index < -0.39 is 0 Å². The molecule has 1 amide bonds. The van der Waals surface area contributed by atoms with E-state index in [1.165, 1.54) is 11.6 Å². The molecular weight excluding hydrogens is 496 g/mol. The molecule has 0 radical (unpaired) electrons. The third kappa shape index (κ3) is 5.94. The zero-order chi connectivity index (χ0) is 27.4. The summed E-state index contributed by atoms with van der Waals surface area (Å²) in [6, 6.07) is 13.2. The number of rotatable bonds is 9. The largest absolute Gasteiger partial charge is 0.497 e. The standard InChI is InChI=1S/C30H36N4O5/c1-31-30(36)26-17-29(35)34(27-16-24(38-3)4-6-25(26)27)13-12-33-10-8-22(9-11-33)32-18-20-14-21-15-23(37-2)5-7-28(21)39-19-20/h4-7,14-17,22,32H,8-13,18-19H2,1-3H3,(H,31,36). The van der Waals surface area contributed by atoms with Crippen LogP contribution in [0.15, 0.2) is 52.8 Å². The molecule has 1 fully saturated rings. The first-order valence-electron chi connectivity index (χ1n) is 13.4. The molecule has 9 heteroatoms. The third-order valence-electron chi connectivity index (χ3n) is 7.63. The lowest BCUT2D eigenvalue weighted by Crippen LogP contribution is -2.44. The number of likely N-dealkylation sites (tertiary alicyclic amines) is 1. The maximum absolute atomic E-state index is 13.0. The maximum Gasteiger partial charge on any atom is 0.251 e. The Labute approximate surface area is 228 Å². The van der Waals surface area contributed by atoms with Crippen molar-refractivity contribution in [1.29, 1.82) is 0 Å². The van der Waals surface area contributed by atoms with Gasteiger partial charge in [0.05, 0.1) is 25.3 Å². The molecule has 2 N–H and O–H groups in total. The molecule has 1 aromatic heterocycles. The molecular formula is C30H36N4O5. The summed E-state index contributed by atoms with van der Waals surface area (Å²) >= 11 is 0. The summed E-state index contributed by atoms with van der Waals surface area (Å²) < 4.78 is 18.4. The van der Waals surface area contributed by atoms with Crippen LogP contribution in [0.1, 0.15) is 28.8 Å². The molecule has 9 nitrogen and oxygen atoms in total. The van der Waals surface area contributed by atoms with Gasteiger partial charge in [-0.15, -0.1) is 0 Å². The molecule has 39 heavy (non-hydrogen) atoms. The average molecular weight is 533 g/mol. The first kappa shape index (κ1) is 26.8. The van der Waals surface area contributed by atoms with Gasteiger partial charge in [-0.2, -0.15) is 0 Å². The Balaban J connectivity index is 1.18. The molecule has 2 aliphatic rings. The van der Waals surface area contributed by atoms with Crippen LogP contribution in [0.5, 0.6) is 17.2 Å². The van der Waals surface area contributed by atoms with Gasteiger partial charge < -0.3 is 34.3 Å². The fraction of sp³-hybridized carbons (Fsp3) is 0.400. The number of piperidine rings is 1. The van der Waals surface area contributed by atoms with Crippen LogP contribution in [0.25, 0.3) is 17.0 Å². The van der Waals surface area contributed by atoms with Crippen molar-refractivity contribution in [1.82, 2.24) is 20.1 Å². The Morgan fingerprint density at radius 1 is 1.03 bits per heavy atom. The zero-order valence-electron chi connectivity index (χ0n) is 22.8. The van der Waals surface area contributed by atoms with Gasteiger partial charge in [0.2, 0.25) is 0 Å². The van der Waals surface area contributed by atoms with E-state index in [9.17, 15) is 9.59 Å². The van der Waals surface area contributed by atoms with Crippen molar-refractivity contribution < 1.29 is 19.0 Å². The highest BCUT2D eigenvalue weighted by atomic mass is 16.5. The van der Waals surface area contributed by atoms with Gasteiger partial charge in [0.15, 0.2) is 0 Å². The number of methoxy groups -OCH3 is 2. The number of nitrogens with one attached hydrogen (secondary N) is 2. The number of benzene rings is 2. The molecule has 3 heterocycles. The first-order chi connectivity index (χ1) is 19.0. The fourth-order valence-electron chi connectivity index (χ4n) is 5.35. The monoisotopic (exact) mass is 532 g/mol. The van der Waals surface area contributed by atoms with Crippen LogP contribution in [0.4, 0.5) is 0 Å². The Bertz CT molecular complexity index is 1440. The Morgan fingerprint density at radius 3 is 2.51 bits per heavy atom. The second kappa shape index (κ2) is 11.9. The molecule has 0 aliphatic carbocycles. The lowest BCUT2D eigenvalue weighted by Gasteiger charge is -2.33. The normalized spacial score (nSPS) is 15.8. The van der Waals surface area contributed by atoms with Crippen LogP contribution in [0.2, 0.25) is 0 Å². The van der Waals surface area contributed by atoms with Gasteiger partial charge in [-0.05, 0) is 67.9 Å². The summed E-state index contributed by atoms with van der Waals surface area (Å²) in [4.78, 5) is 27.8. The molecule has 5 rings (SSSR count). The van der Waals surface area contributed by atoms with Crippen molar-refractivity contribution in [2.45, 2.75) is 25.4 Å². The van der Waals surface area contributed by atoms with Crippen molar-refractivity contribution in [3.05, 3.63) is 69.5 Å². The minimum atomic E-state index is -0.275. The quantitative estimate of drug-likeness (QED) is 0.438. The van der Waals surface area contributed by atoms with Gasteiger partial charge in [-0.1, -0.05) is 0 Å². The number of hydrogen-bond donors (Lipinski definition) is 2. The van der Waals surface area contributed by atoms with Crippen LogP contribution in [-0.2, 0) is 6.54 Å². The molecule has 2 aliphatic heterocycles. The van der Waals surface area contributed by atoms with Crippen molar-refractivity contribution in [3.63, 3.8) is 0 Å². The molecule has 0 spiro atoms. The minimum absolute atomic E-state index is 0.187. The van der Waals surface area contributed by atoms with E-state index >= 15 is 0 Å². The van der Waals surface area contributed by atoms with Gasteiger partial charge >= 0.3 is 0 Å². The molecule has 0 saturated carbocycles. The average Bonchev–Trinajstić information content (AvgIpc) is 2.98. The third-order valence-corrected chi connectivity index (χ3v) is 7.63. The smallest absolute Gasteiger partial charge is 0.251 e. The molecule has 3 aromatic rings. The Hall–Kier alpha value is -3.82. The number of carbonyl (C=O) groups is 1. The number of pyridine rings is 1. The lowest BCUT2D eigenvalue weighted by atomic mass is 10.0. The highest BCUT2D eigenvalue weighted by Gasteiger charge is 2.21. The summed E-state index contributed by atoms with van der Waals surface area (Å²) in [6.45, 7) is 4.61. The van der Waals surface area contributed by atoms with Crippen LogP contribution in [0, 0.1) is 0 Å². The Morgan fingerprint density at radius 2 is 1.77 bits per heavy atom. The predicted molar refractivity (Wildman–Crippen MR) is 152 cm³/mol. The van der Waals surface area contributed by atoms with Crippen molar-refractivity contribution in [2.24, 2.45) is 0 Å². The fourth-order valence-corrected chi connectivity index (χ4v) is 5.35. The van der Waals surface area contributed by atoms with Gasteiger partial charge in [0.25, 0.3) is 11.5 Å². The van der Waals surface area contributed by atoms with Gasteiger partial charge in [0.1, 0.15) is 23.9 Å². The molecule has 206 valence electrons. The first-order valence-corrected chi connectivity index (χ1v) is 13.4. The van der Waals surface area contributed by atoms with Crippen LogP contribution in [0.3, 0.4) is 0 Å². The van der Waals surface area contributed by atoms with E-state index in [1.54, 1.807) is 25.8 Å². The second-order valence-electron chi connectivity index (χ2n) is 10.0. The summed E-state index contributed by atoms with van der Waals surface area (Å²) in [5, 5.41) is 7.06. The van der Waals surface area contributed by atoms with Crippen LogP contribution >= 0.6 is 0 Å². The second-order valence-corrected chi connectivity index (χ2v) is 10.0. The zero-order valence-corrected chi connectivity index (χ0v) is 22.8. The maximum atomic E-state index is 13.0. The van der Waals surface area contributed by atoms with Crippen molar-refractivity contribution >= 4 is 22.9 Å². The predicted octanol–water partition coefficient (Wildman–Crippen LogP) is 2.91. The molecule has 2 aromatic carbocycles. The molecule has 0 atom stereocenters.